The number of rotatable bonds is 1. The van der Waals surface area contributed by atoms with Gasteiger partial charge in [0.2, 0.25) is 0 Å². The van der Waals surface area contributed by atoms with Crippen molar-refractivity contribution in [3.63, 3.8) is 0 Å². The minimum Gasteiger partial charge on any atom is -0.468 e. The minimum atomic E-state index is -0.285. The molecule has 3 aliphatic heterocycles. The van der Waals surface area contributed by atoms with E-state index in [2.05, 4.69) is 207 Å². The number of furan rings is 2. The summed E-state index contributed by atoms with van der Waals surface area (Å²) < 4.78 is 16.4. The molecule has 6 nitrogen and oxygen atoms in total. The molecule has 10 aromatic rings. The highest BCUT2D eigenvalue weighted by molar-refractivity contribution is 7.00. The van der Waals surface area contributed by atoms with Crippen molar-refractivity contribution in [3.05, 3.63) is 143 Å². The number of hydrogen-bond acceptors (Lipinski definition) is 5. The van der Waals surface area contributed by atoms with Crippen molar-refractivity contribution in [3.8, 4) is 11.8 Å². The molecule has 3 aromatic heterocycles. The number of hydrogen-bond donors (Lipinski definition) is 0. The summed E-state index contributed by atoms with van der Waals surface area (Å²) in [6, 6.07) is 45.3. The van der Waals surface area contributed by atoms with Gasteiger partial charge < -0.3 is 23.2 Å². The van der Waals surface area contributed by atoms with Gasteiger partial charge in [0.15, 0.2) is 0 Å². The zero-order chi connectivity index (χ0) is 47.3. The molecule has 3 aliphatic rings. The van der Waals surface area contributed by atoms with Crippen molar-refractivity contribution in [2.45, 2.75) is 105 Å². The third-order valence-electron chi connectivity index (χ3n) is 15.3. The number of benzene rings is 7. The highest BCUT2D eigenvalue weighted by atomic mass is 16.3. The van der Waals surface area contributed by atoms with E-state index in [4.69, 9.17) is 8.83 Å². The van der Waals surface area contributed by atoms with Gasteiger partial charge in [-0.2, -0.15) is 5.26 Å². The molecule has 0 saturated carbocycles. The predicted molar refractivity (Wildman–Crippen MR) is 285 cm³/mol. The van der Waals surface area contributed by atoms with Crippen LogP contribution in [-0.2, 0) is 21.7 Å². The van der Waals surface area contributed by atoms with Gasteiger partial charge >= 0.3 is 0 Å². The SMILES string of the molecule is CC(C)(C)c1cc2c3c(c1)-n1c4ccc(C(C)(C)C)cc4c4cc(C(C)(C)C)cc(c41)N3c1cc(C#N)cc3c1B2c1oc2ccc(C(C)(C)C)cc2c1N3c1ccc2oc3ccccc3c2c1. The molecule has 0 radical (unpaired) electrons. The van der Waals surface area contributed by atoms with Crippen LogP contribution >= 0.6 is 0 Å². The lowest BCUT2D eigenvalue weighted by molar-refractivity contribution is 0.589. The van der Waals surface area contributed by atoms with Crippen molar-refractivity contribution in [1.29, 1.82) is 5.26 Å². The minimum absolute atomic E-state index is 0.0305. The number of nitrogens with zero attached hydrogens (tertiary/aromatic N) is 4. The monoisotopic (exact) mass is 886 g/mol. The Morgan fingerprint density at radius 3 is 1.76 bits per heavy atom. The van der Waals surface area contributed by atoms with Crippen LogP contribution in [0.5, 0.6) is 0 Å². The number of para-hydroxylation sites is 1. The van der Waals surface area contributed by atoms with E-state index >= 15 is 0 Å². The van der Waals surface area contributed by atoms with Gasteiger partial charge in [-0.05, 0) is 134 Å². The Morgan fingerprint density at radius 1 is 0.471 bits per heavy atom. The maximum absolute atomic E-state index is 11.2. The van der Waals surface area contributed by atoms with Gasteiger partial charge in [-0.25, -0.2) is 0 Å². The quantitative estimate of drug-likeness (QED) is 0.154. The van der Waals surface area contributed by atoms with E-state index in [1.165, 1.54) is 49.5 Å². The summed E-state index contributed by atoms with van der Waals surface area (Å²) in [5.41, 5.74) is 20.7. The molecule has 0 amide bonds. The molecule has 7 aromatic carbocycles. The summed E-state index contributed by atoms with van der Waals surface area (Å²) in [5.74, 6) is 0. The van der Waals surface area contributed by atoms with Crippen LogP contribution in [0.25, 0.3) is 60.4 Å². The van der Waals surface area contributed by atoms with Gasteiger partial charge in [0, 0.05) is 44.0 Å². The van der Waals surface area contributed by atoms with E-state index < -0.39 is 0 Å². The second-order valence-corrected chi connectivity index (χ2v) is 23.8. The van der Waals surface area contributed by atoms with E-state index in [-0.39, 0.29) is 28.4 Å². The lowest BCUT2D eigenvalue weighted by Gasteiger charge is -2.45. The van der Waals surface area contributed by atoms with Crippen LogP contribution in [0.4, 0.5) is 34.1 Å². The predicted octanol–water partition coefficient (Wildman–Crippen LogP) is 14.9. The van der Waals surface area contributed by atoms with E-state index in [1.54, 1.807) is 0 Å². The zero-order valence-electron chi connectivity index (χ0n) is 41.2. The molecule has 68 heavy (non-hydrogen) atoms. The average Bonchev–Trinajstić information content (AvgIpc) is 3.96. The Bertz CT molecular complexity index is 3940. The first kappa shape index (κ1) is 41.1. The first-order valence-corrected chi connectivity index (χ1v) is 24.2. The Hall–Kier alpha value is -7.17. The lowest BCUT2D eigenvalue weighted by Crippen LogP contribution is -2.61. The van der Waals surface area contributed by atoms with E-state index in [0.717, 1.165) is 83.8 Å². The molecule has 0 N–H and O–H groups in total. The first-order chi connectivity index (χ1) is 32.2. The third kappa shape index (κ3) is 5.52. The molecule has 0 fully saturated rings. The summed E-state index contributed by atoms with van der Waals surface area (Å²) in [7, 11) is 0. The Morgan fingerprint density at radius 2 is 1.06 bits per heavy atom. The van der Waals surface area contributed by atoms with Crippen LogP contribution in [0.1, 0.15) is 111 Å². The fourth-order valence-corrected chi connectivity index (χ4v) is 11.5. The summed E-state index contributed by atoms with van der Waals surface area (Å²) in [6.07, 6.45) is 0. The topological polar surface area (TPSA) is 61.5 Å². The van der Waals surface area contributed by atoms with Crippen LogP contribution in [0.3, 0.4) is 0 Å². The Labute approximate surface area is 398 Å². The van der Waals surface area contributed by atoms with E-state index in [1.807, 2.05) is 12.1 Å². The molecule has 0 spiro atoms. The zero-order valence-corrected chi connectivity index (χ0v) is 41.2. The smallest absolute Gasteiger partial charge is 0.297 e. The van der Waals surface area contributed by atoms with Crippen molar-refractivity contribution in [2.24, 2.45) is 0 Å². The van der Waals surface area contributed by atoms with Crippen molar-refractivity contribution >= 4 is 112 Å². The van der Waals surface area contributed by atoms with Crippen LogP contribution in [0, 0.1) is 11.3 Å². The lowest BCUT2D eigenvalue weighted by atomic mass is 9.35. The molecule has 0 saturated heterocycles. The van der Waals surface area contributed by atoms with Gasteiger partial charge in [-0.15, -0.1) is 0 Å². The Balaban J connectivity index is 1.21. The van der Waals surface area contributed by atoms with Crippen molar-refractivity contribution < 1.29 is 8.83 Å². The molecular formula is C61H55BN4O2. The molecule has 0 bridgehead atoms. The van der Waals surface area contributed by atoms with Gasteiger partial charge in [0.1, 0.15) is 16.7 Å². The summed E-state index contributed by atoms with van der Waals surface area (Å²) >= 11 is 0. The first-order valence-electron chi connectivity index (χ1n) is 24.2. The highest BCUT2D eigenvalue weighted by Crippen LogP contribution is 2.55. The van der Waals surface area contributed by atoms with Crippen LogP contribution in [0.2, 0.25) is 0 Å². The largest absolute Gasteiger partial charge is 0.468 e. The Kier molecular flexibility index (Phi) is 7.90. The van der Waals surface area contributed by atoms with Crippen LogP contribution in [0.15, 0.2) is 124 Å². The number of nitriles is 1. The molecule has 13 rings (SSSR count). The van der Waals surface area contributed by atoms with Gasteiger partial charge in [0.05, 0.1) is 51.1 Å². The third-order valence-corrected chi connectivity index (χ3v) is 15.3. The molecule has 334 valence electrons. The molecule has 7 heteroatoms. The van der Waals surface area contributed by atoms with Crippen molar-refractivity contribution in [2.75, 3.05) is 9.80 Å². The van der Waals surface area contributed by atoms with Crippen LogP contribution in [-0.4, -0.2) is 11.3 Å². The molecule has 0 unspecified atom stereocenters. The highest BCUT2D eigenvalue weighted by Gasteiger charge is 2.50. The number of aromatic nitrogens is 1. The fraction of sp³-hybridized carbons (Fsp3) is 0.262. The summed E-state index contributed by atoms with van der Waals surface area (Å²) in [5, 5.41) is 16.8. The van der Waals surface area contributed by atoms with Crippen LogP contribution < -0.4 is 26.4 Å². The van der Waals surface area contributed by atoms with Crippen molar-refractivity contribution in [1.82, 2.24) is 4.57 Å². The maximum Gasteiger partial charge on any atom is 0.297 e. The number of fused-ring (bicyclic) bond motifs is 14. The van der Waals surface area contributed by atoms with Gasteiger partial charge in [-0.1, -0.05) is 119 Å². The number of anilines is 6. The molecular weight excluding hydrogens is 832 g/mol. The fourth-order valence-electron chi connectivity index (χ4n) is 11.5. The molecule has 6 heterocycles. The van der Waals surface area contributed by atoms with E-state index in [9.17, 15) is 5.26 Å². The second kappa shape index (κ2) is 13.1. The van der Waals surface area contributed by atoms with E-state index in [0.29, 0.717) is 5.56 Å². The normalized spacial score (nSPS) is 14.4. The second-order valence-electron chi connectivity index (χ2n) is 23.8. The molecule has 0 atom stereocenters. The summed E-state index contributed by atoms with van der Waals surface area (Å²) in [4.78, 5) is 4.91. The average molecular weight is 887 g/mol. The summed E-state index contributed by atoms with van der Waals surface area (Å²) in [6.45, 7) is 27.3. The van der Waals surface area contributed by atoms with Gasteiger partial charge in [0.25, 0.3) is 6.71 Å². The van der Waals surface area contributed by atoms with Gasteiger partial charge in [-0.3, -0.25) is 0 Å². The standard InChI is InChI=1S/C61H55BN4O2/c1-58(2,3)34-17-20-45-40(25-34)42-27-36(60(7,8)9)29-48-54(42)65(45)49-30-37(61(10,11)12)28-44-56(49)66(48)47-24-33(32-63)23-46-53(47)62(44)57-55(43-26-35(59(4,5)6)18-21-52(43)68-57)64(46)38-19-22-51-41(31-38)39-15-13-14-16-50(39)67-51/h13-31H,1-12H3. The molecule has 0 aliphatic carbocycles. The maximum atomic E-state index is 11.2.